The van der Waals surface area contributed by atoms with Crippen LogP contribution in [0.1, 0.15) is 6.42 Å². The Balaban J connectivity index is 1.89. The summed E-state index contributed by atoms with van der Waals surface area (Å²) in [7, 11) is 0. The van der Waals surface area contributed by atoms with E-state index in [9.17, 15) is 9.18 Å². The van der Waals surface area contributed by atoms with Crippen molar-refractivity contribution in [1.29, 1.82) is 0 Å². The van der Waals surface area contributed by atoms with E-state index in [-0.39, 0.29) is 11.7 Å². The molecule has 0 radical (unpaired) electrons. The van der Waals surface area contributed by atoms with Crippen LogP contribution in [0.4, 0.5) is 10.1 Å². The van der Waals surface area contributed by atoms with Gasteiger partial charge in [-0.05, 0) is 53.6 Å². The van der Waals surface area contributed by atoms with Gasteiger partial charge in [0.25, 0.3) is 0 Å². The first-order valence-electron chi connectivity index (χ1n) is 6.33. The molecule has 19 heavy (non-hydrogen) atoms. The van der Waals surface area contributed by atoms with E-state index in [0.717, 1.165) is 32.6 Å². The number of anilines is 1. The van der Waals surface area contributed by atoms with Gasteiger partial charge in [0.1, 0.15) is 5.82 Å². The van der Waals surface area contributed by atoms with Crippen molar-refractivity contribution in [3.8, 4) is 0 Å². The first kappa shape index (κ1) is 14.4. The molecule has 6 heteroatoms. The van der Waals surface area contributed by atoms with Crippen molar-refractivity contribution in [1.82, 2.24) is 10.2 Å². The summed E-state index contributed by atoms with van der Waals surface area (Å²) in [6.45, 7) is 4.07. The lowest BCUT2D eigenvalue weighted by atomic mass is 10.3. The molecule has 104 valence electrons. The molecule has 1 aromatic carbocycles. The van der Waals surface area contributed by atoms with Gasteiger partial charge in [0.15, 0.2) is 0 Å². The van der Waals surface area contributed by atoms with Crippen molar-refractivity contribution in [3.05, 3.63) is 28.5 Å². The maximum atomic E-state index is 12.9. The van der Waals surface area contributed by atoms with Gasteiger partial charge in [-0.2, -0.15) is 0 Å². The molecule has 1 saturated heterocycles. The Morgan fingerprint density at radius 3 is 3.05 bits per heavy atom. The van der Waals surface area contributed by atoms with Crippen LogP contribution in [0.5, 0.6) is 0 Å². The van der Waals surface area contributed by atoms with Gasteiger partial charge < -0.3 is 10.6 Å². The van der Waals surface area contributed by atoms with E-state index in [4.69, 9.17) is 0 Å². The monoisotopic (exact) mass is 329 g/mol. The third-order valence-electron chi connectivity index (χ3n) is 3.01. The quantitative estimate of drug-likeness (QED) is 0.889. The maximum absolute atomic E-state index is 12.9. The van der Waals surface area contributed by atoms with Crippen LogP contribution in [-0.4, -0.2) is 43.5 Å². The second kappa shape index (κ2) is 6.98. The van der Waals surface area contributed by atoms with Crippen LogP contribution in [0.15, 0.2) is 22.7 Å². The molecule has 1 fully saturated rings. The minimum atomic E-state index is -0.330. The fraction of sp³-hybridized carbons (Fsp3) is 0.462. The Hall–Kier alpha value is -0.980. The fourth-order valence-corrected chi connectivity index (χ4v) is 2.49. The molecule has 0 atom stereocenters. The zero-order chi connectivity index (χ0) is 13.7. The Bertz CT molecular complexity index is 448. The van der Waals surface area contributed by atoms with Crippen molar-refractivity contribution >= 4 is 27.5 Å². The molecular formula is C13H17BrFN3O. The molecule has 4 nitrogen and oxygen atoms in total. The Labute approximate surface area is 120 Å². The molecule has 1 aliphatic heterocycles. The van der Waals surface area contributed by atoms with Crippen molar-refractivity contribution in [2.45, 2.75) is 6.42 Å². The van der Waals surface area contributed by atoms with Crippen LogP contribution in [0, 0.1) is 5.82 Å². The van der Waals surface area contributed by atoms with Crippen LogP contribution in [0.2, 0.25) is 0 Å². The maximum Gasteiger partial charge on any atom is 0.238 e. The van der Waals surface area contributed by atoms with Gasteiger partial charge in [-0.3, -0.25) is 9.69 Å². The van der Waals surface area contributed by atoms with E-state index < -0.39 is 0 Å². The van der Waals surface area contributed by atoms with Crippen LogP contribution >= 0.6 is 15.9 Å². The first-order chi connectivity index (χ1) is 9.15. The summed E-state index contributed by atoms with van der Waals surface area (Å²) in [6, 6.07) is 4.23. The van der Waals surface area contributed by atoms with Crippen LogP contribution < -0.4 is 10.6 Å². The van der Waals surface area contributed by atoms with Crippen molar-refractivity contribution < 1.29 is 9.18 Å². The van der Waals surface area contributed by atoms with E-state index in [1.54, 1.807) is 6.07 Å². The topological polar surface area (TPSA) is 44.4 Å². The zero-order valence-corrected chi connectivity index (χ0v) is 12.2. The predicted octanol–water partition coefficient (Wildman–Crippen LogP) is 1.82. The Kier molecular flexibility index (Phi) is 5.30. The summed E-state index contributed by atoms with van der Waals surface area (Å²) in [6.07, 6.45) is 1.05. The Morgan fingerprint density at radius 2 is 2.26 bits per heavy atom. The van der Waals surface area contributed by atoms with Crippen LogP contribution in [-0.2, 0) is 4.79 Å². The number of hydrogen-bond acceptors (Lipinski definition) is 3. The molecule has 0 saturated carbocycles. The van der Waals surface area contributed by atoms with Gasteiger partial charge in [0, 0.05) is 17.6 Å². The molecule has 0 bridgehead atoms. The van der Waals surface area contributed by atoms with Gasteiger partial charge in [-0.15, -0.1) is 0 Å². The van der Waals surface area contributed by atoms with Crippen LogP contribution in [0.3, 0.4) is 0 Å². The van der Waals surface area contributed by atoms with Gasteiger partial charge in [0.05, 0.1) is 12.2 Å². The number of amides is 1. The highest BCUT2D eigenvalue weighted by Gasteiger charge is 2.13. The fourth-order valence-electron chi connectivity index (χ4n) is 2.04. The standard InChI is InChI=1S/C13H17BrFN3O/c14-11-8-10(15)2-3-12(11)17-13(19)9-18-6-1-4-16-5-7-18/h2-3,8,16H,1,4-7,9H2,(H,17,19). The number of rotatable bonds is 3. The number of carbonyl (C=O) groups is 1. The summed E-state index contributed by atoms with van der Waals surface area (Å²) in [4.78, 5) is 14.1. The largest absolute Gasteiger partial charge is 0.324 e. The average Bonchev–Trinajstić information content (AvgIpc) is 2.61. The lowest BCUT2D eigenvalue weighted by Gasteiger charge is -2.18. The second-order valence-corrected chi connectivity index (χ2v) is 5.41. The van der Waals surface area contributed by atoms with Gasteiger partial charge in [-0.1, -0.05) is 0 Å². The molecule has 1 heterocycles. The minimum absolute atomic E-state index is 0.0748. The number of hydrogen-bond donors (Lipinski definition) is 2. The summed E-state index contributed by atoms with van der Waals surface area (Å²) in [5.41, 5.74) is 0.597. The molecule has 1 aromatic rings. The summed E-state index contributed by atoms with van der Waals surface area (Å²) in [5.74, 6) is -0.405. The smallest absolute Gasteiger partial charge is 0.238 e. The number of carbonyl (C=O) groups excluding carboxylic acids is 1. The van der Waals surface area contributed by atoms with Crippen molar-refractivity contribution in [2.24, 2.45) is 0 Å². The third kappa shape index (κ3) is 4.56. The minimum Gasteiger partial charge on any atom is -0.324 e. The van der Waals surface area contributed by atoms with Crippen molar-refractivity contribution in [3.63, 3.8) is 0 Å². The first-order valence-corrected chi connectivity index (χ1v) is 7.12. The third-order valence-corrected chi connectivity index (χ3v) is 3.66. The number of halogens is 2. The van der Waals surface area contributed by atoms with Gasteiger partial charge in [0.2, 0.25) is 5.91 Å². The van der Waals surface area contributed by atoms with E-state index in [1.807, 2.05) is 0 Å². The number of benzene rings is 1. The molecule has 2 rings (SSSR count). The second-order valence-electron chi connectivity index (χ2n) is 4.55. The highest BCUT2D eigenvalue weighted by atomic mass is 79.9. The lowest BCUT2D eigenvalue weighted by molar-refractivity contribution is -0.117. The molecule has 0 unspecified atom stereocenters. The number of nitrogens with zero attached hydrogens (tertiary/aromatic N) is 1. The normalized spacial score (nSPS) is 16.9. The highest BCUT2D eigenvalue weighted by molar-refractivity contribution is 9.10. The Morgan fingerprint density at radius 1 is 1.42 bits per heavy atom. The molecular weight excluding hydrogens is 313 g/mol. The molecule has 1 aliphatic rings. The molecule has 1 amide bonds. The summed E-state index contributed by atoms with van der Waals surface area (Å²) in [5, 5.41) is 6.08. The van der Waals surface area contributed by atoms with E-state index in [1.165, 1.54) is 12.1 Å². The van der Waals surface area contributed by atoms with Gasteiger partial charge >= 0.3 is 0 Å². The van der Waals surface area contributed by atoms with Crippen molar-refractivity contribution in [2.75, 3.05) is 38.0 Å². The molecule has 0 aromatic heterocycles. The number of nitrogens with one attached hydrogen (secondary N) is 2. The average molecular weight is 330 g/mol. The van der Waals surface area contributed by atoms with Crippen LogP contribution in [0.25, 0.3) is 0 Å². The molecule has 2 N–H and O–H groups in total. The molecule has 0 spiro atoms. The van der Waals surface area contributed by atoms with E-state index in [0.29, 0.717) is 16.7 Å². The molecule has 0 aliphatic carbocycles. The summed E-state index contributed by atoms with van der Waals surface area (Å²) >= 11 is 3.23. The van der Waals surface area contributed by atoms with Gasteiger partial charge in [-0.25, -0.2) is 4.39 Å². The SMILES string of the molecule is O=C(CN1CCCNCC1)Nc1ccc(F)cc1Br. The highest BCUT2D eigenvalue weighted by Crippen LogP contribution is 2.22. The summed E-state index contributed by atoms with van der Waals surface area (Å²) < 4.78 is 13.5. The predicted molar refractivity (Wildman–Crippen MR) is 76.7 cm³/mol. The van der Waals surface area contributed by atoms with E-state index in [2.05, 4.69) is 31.5 Å². The lowest BCUT2D eigenvalue weighted by Crippen LogP contribution is -2.35. The van der Waals surface area contributed by atoms with E-state index >= 15 is 0 Å². The zero-order valence-electron chi connectivity index (χ0n) is 10.6.